The van der Waals surface area contributed by atoms with E-state index in [-0.39, 0.29) is 16.9 Å². The lowest BCUT2D eigenvalue weighted by molar-refractivity contribution is 0.109. The fourth-order valence-corrected chi connectivity index (χ4v) is 6.04. The predicted molar refractivity (Wildman–Crippen MR) is 160 cm³/mol. The van der Waals surface area contributed by atoms with Gasteiger partial charge in [-0.1, -0.05) is 54.1 Å². The molecule has 4 aromatic rings. The lowest BCUT2D eigenvalue weighted by atomic mass is 9.96. The lowest BCUT2D eigenvalue weighted by Crippen LogP contribution is -2.48. The van der Waals surface area contributed by atoms with Gasteiger partial charge in [0.05, 0.1) is 10.9 Å². The summed E-state index contributed by atoms with van der Waals surface area (Å²) in [7, 11) is -3.74. The van der Waals surface area contributed by atoms with Gasteiger partial charge in [0.15, 0.2) is 0 Å². The van der Waals surface area contributed by atoms with Crippen molar-refractivity contribution in [2.45, 2.75) is 17.4 Å². The van der Waals surface area contributed by atoms with Crippen LogP contribution in [0, 0.1) is 0 Å². The van der Waals surface area contributed by atoms with E-state index >= 15 is 0 Å². The molecule has 40 heavy (non-hydrogen) atoms. The Bertz CT molecular complexity index is 1450. The Labute approximate surface area is 241 Å². The standard InChI is InChI=1S/C30H33ClN6O2S/c31-26-10-8-25(9-11-26)29(24-6-2-1-3-7-24)37-22-20-36(21-23-37)19-5-18-32-27-12-14-28(15-13-27)40(38,39)35-30-33-16-4-17-34-30/h1-4,6-17,29,32H,5,18-23H2,(H,33,34,35)/t29-/m1/s1. The normalized spacial score (nSPS) is 15.4. The molecule has 0 saturated carbocycles. The summed E-state index contributed by atoms with van der Waals surface area (Å²) < 4.78 is 27.5. The molecule has 2 heterocycles. The van der Waals surface area contributed by atoms with Gasteiger partial charge in [0.25, 0.3) is 10.0 Å². The maximum Gasteiger partial charge on any atom is 0.264 e. The van der Waals surface area contributed by atoms with Crippen molar-refractivity contribution in [1.82, 2.24) is 19.8 Å². The quantitative estimate of drug-likeness (QED) is 0.239. The first-order valence-corrected chi connectivity index (χ1v) is 15.2. The molecular weight excluding hydrogens is 544 g/mol. The van der Waals surface area contributed by atoms with Crippen LogP contribution in [0.3, 0.4) is 0 Å². The largest absolute Gasteiger partial charge is 0.385 e. The zero-order valence-corrected chi connectivity index (χ0v) is 23.7. The summed E-state index contributed by atoms with van der Waals surface area (Å²) in [6.45, 7) is 5.83. The van der Waals surface area contributed by atoms with E-state index in [4.69, 9.17) is 11.6 Å². The van der Waals surface area contributed by atoms with Gasteiger partial charge >= 0.3 is 0 Å². The average molecular weight is 577 g/mol. The second-order valence-electron chi connectivity index (χ2n) is 9.72. The highest BCUT2D eigenvalue weighted by molar-refractivity contribution is 7.92. The van der Waals surface area contributed by atoms with Crippen LogP contribution in [0.1, 0.15) is 23.6 Å². The summed E-state index contributed by atoms with van der Waals surface area (Å²) in [5.41, 5.74) is 3.44. The van der Waals surface area contributed by atoms with Crippen LogP contribution < -0.4 is 10.0 Å². The molecule has 5 rings (SSSR count). The lowest BCUT2D eigenvalue weighted by Gasteiger charge is -2.40. The molecule has 1 atom stereocenters. The molecule has 208 valence electrons. The number of benzene rings is 3. The number of anilines is 2. The third kappa shape index (κ3) is 7.37. The fourth-order valence-electron chi connectivity index (χ4n) is 4.96. The highest BCUT2D eigenvalue weighted by atomic mass is 35.5. The number of halogens is 1. The van der Waals surface area contributed by atoms with Crippen LogP contribution in [0.2, 0.25) is 5.02 Å². The molecule has 0 unspecified atom stereocenters. The Hall–Kier alpha value is -3.50. The molecule has 0 radical (unpaired) electrons. The predicted octanol–water partition coefficient (Wildman–Crippen LogP) is 5.14. The van der Waals surface area contributed by atoms with Crippen LogP contribution in [0.25, 0.3) is 0 Å². The minimum Gasteiger partial charge on any atom is -0.385 e. The van der Waals surface area contributed by atoms with E-state index in [9.17, 15) is 8.42 Å². The Morgan fingerprint density at radius 3 is 2.12 bits per heavy atom. The zero-order valence-electron chi connectivity index (χ0n) is 22.2. The van der Waals surface area contributed by atoms with Crippen molar-refractivity contribution in [3.63, 3.8) is 0 Å². The third-order valence-electron chi connectivity index (χ3n) is 7.01. The smallest absolute Gasteiger partial charge is 0.264 e. The monoisotopic (exact) mass is 576 g/mol. The van der Waals surface area contributed by atoms with Gasteiger partial charge in [-0.25, -0.2) is 23.1 Å². The van der Waals surface area contributed by atoms with E-state index in [2.05, 4.69) is 72.3 Å². The number of nitrogens with zero attached hydrogens (tertiary/aromatic N) is 4. The summed E-state index contributed by atoms with van der Waals surface area (Å²) in [6, 6.07) is 27.4. The van der Waals surface area contributed by atoms with Crippen LogP contribution in [-0.4, -0.2) is 67.5 Å². The van der Waals surface area contributed by atoms with Crippen molar-refractivity contribution >= 4 is 33.3 Å². The number of rotatable bonds is 11. The Balaban J connectivity index is 1.08. The number of aromatic nitrogens is 2. The average Bonchev–Trinajstić information content (AvgIpc) is 2.98. The van der Waals surface area contributed by atoms with Crippen LogP contribution in [-0.2, 0) is 10.0 Å². The van der Waals surface area contributed by atoms with E-state index in [0.29, 0.717) is 0 Å². The first-order chi connectivity index (χ1) is 19.5. The highest BCUT2D eigenvalue weighted by Gasteiger charge is 2.26. The fraction of sp³-hybridized carbons (Fsp3) is 0.267. The maximum atomic E-state index is 12.6. The number of hydrogen-bond acceptors (Lipinski definition) is 7. The summed E-state index contributed by atoms with van der Waals surface area (Å²) >= 11 is 6.16. The Morgan fingerprint density at radius 1 is 0.800 bits per heavy atom. The second-order valence-corrected chi connectivity index (χ2v) is 11.8. The van der Waals surface area contributed by atoms with Gasteiger partial charge < -0.3 is 10.2 Å². The molecule has 0 bridgehead atoms. The SMILES string of the molecule is O=S(=O)(Nc1ncccn1)c1ccc(NCCCN2CCN([C@H](c3ccccc3)c3ccc(Cl)cc3)CC2)cc1. The molecule has 3 aromatic carbocycles. The van der Waals surface area contributed by atoms with Crippen LogP contribution in [0.5, 0.6) is 0 Å². The Morgan fingerprint density at radius 2 is 1.45 bits per heavy atom. The van der Waals surface area contributed by atoms with Crippen molar-refractivity contribution in [3.8, 4) is 0 Å². The molecule has 0 amide bonds. The molecule has 1 aliphatic rings. The van der Waals surface area contributed by atoms with Crippen LogP contribution in [0.15, 0.2) is 102 Å². The summed E-state index contributed by atoms with van der Waals surface area (Å²) in [5.74, 6) is 0.0473. The van der Waals surface area contributed by atoms with E-state index in [0.717, 1.165) is 56.4 Å². The van der Waals surface area contributed by atoms with Crippen molar-refractivity contribution in [1.29, 1.82) is 0 Å². The van der Waals surface area contributed by atoms with Crippen molar-refractivity contribution in [2.75, 3.05) is 49.3 Å². The molecule has 1 saturated heterocycles. The van der Waals surface area contributed by atoms with Crippen molar-refractivity contribution < 1.29 is 8.42 Å². The van der Waals surface area contributed by atoms with E-state index < -0.39 is 10.0 Å². The highest BCUT2D eigenvalue weighted by Crippen LogP contribution is 2.30. The third-order valence-corrected chi connectivity index (χ3v) is 8.61. The minimum absolute atomic E-state index is 0.0473. The molecule has 1 aromatic heterocycles. The molecular formula is C30H33ClN6O2S. The number of sulfonamides is 1. The Kier molecular flexibility index (Phi) is 9.28. The number of piperazine rings is 1. The van der Waals surface area contributed by atoms with Crippen LogP contribution >= 0.6 is 11.6 Å². The summed E-state index contributed by atoms with van der Waals surface area (Å²) in [5, 5.41) is 4.15. The minimum atomic E-state index is -3.74. The second kappa shape index (κ2) is 13.2. The van der Waals surface area contributed by atoms with Gasteiger partial charge in [-0.2, -0.15) is 0 Å². The van der Waals surface area contributed by atoms with Gasteiger partial charge in [-0.05, 0) is 66.6 Å². The number of hydrogen-bond donors (Lipinski definition) is 2. The van der Waals surface area contributed by atoms with Crippen molar-refractivity contribution in [3.05, 3.63) is 113 Å². The van der Waals surface area contributed by atoms with Gasteiger partial charge in [-0.15, -0.1) is 0 Å². The molecule has 10 heteroatoms. The van der Waals surface area contributed by atoms with Gasteiger partial charge in [0.2, 0.25) is 5.95 Å². The zero-order chi connectivity index (χ0) is 27.8. The van der Waals surface area contributed by atoms with Crippen LogP contribution in [0.4, 0.5) is 11.6 Å². The van der Waals surface area contributed by atoms with Gasteiger partial charge in [0, 0.05) is 55.8 Å². The molecule has 8 nitrogen and oxygen atoms in total. The molecule has 1 fully saturated rings. The molecule has 0 spiro atoms. The molecule has 1 aliphatic heterocycles. The van der Waals surface area contributed by atoms with Crippen molar-refractivity contribution in [2.24, 2.45) is 0 Å². The topological polar surface area (TPSA) is 90.5 Å². The van der Waals surface area contributed by atoms with E-state index in [1.54, 1.807) is 30.3 Å². The van der Waals surface area contributed by atoms with E-state index in [1.165, 1.54) is 23.5 Å². The maximum absolute atomic E-state index is 12.6. The molecule has 0 aliphatic carbocycles. The number of nitrogens with one attached hydrogen (secondary N) is 2. The molecule has 2 N–H and O–H groups in total. The van der Waals surface area contributed by atoms with Gasteiger partial charge in [0.1, 0.15) is 0 Å². The van der Waals surface area contributed by atoms with E-state index in [1.807, 2.05) is 12.1 Å². The first-order valence-electron chi connectivity index (χ1n) is 13.4. The summed E-state index contributed by atoms with van der Waals surface area (Å²) in [6.07, 6.45) is 3.97. The van der Waals surface area contributed by atoms with Gasteiger partial charge in [-0.3, -0.25) is 4.90 Å². The summed E-state index contributed by atoms with van der Waals surface area (Å²) in [4.78, 5) is 13.1. The first kappa shape index (κ1) is 28.0.